The van der Waals surface area contributed by atoms with Crippen LogP contribution in [0.25, 0.3) is 0 Å². The highest BCUT2D eigenvalue weighted by Gasteiger charge is 2.60. The first-order valence-electron chi connectivity index (χ1n) is 10.7. The molecule has 0 radical (unpaired) electrons. The standard InChI is InChI=1S/C25H20ClN3O5/c1-14-8-11-19(15(2)12-14)27-24(30)21-22(16-9-10-18(26)20(13-16)29(32)33)28(34-23(21)25(27)31)17-6-4-3-5-7-17/h3-13,21-23H,1-2H3/t21-,22-,23-/m0/s1. The van der Waals surface area contributed by atoms with Gasteiger partial charge in [0.1, 0.15) is 10.9 Å². The molecule has 172 valence electrons. The number of para-hydroxylation sites is 1. The van der Waals surface area contributed by atoms with Crippen molar-refractivity contribution < 1.29 is 19.3 Å². The predicted octanol–water partition coefficient (Wildman–Crippen LogP) is 4.92. The number of benzene rings is 3. The van der Waals surface area contributed by atoms with Crippen LogP contribution in [0.15, 0.2) is 66.7 Å². The first-order valence-corrected chi connectivity index (χ1v) is 11.1. The fraction of sp³-hybridized carbons (Fsp3) is 0.200. The highest BCUT2D eigenvalue weighted by molar-refractivity contribution is 6.32. The number of carbonyl (C=O) groups excluding carboxylic acids is 2. The van der Waals surface area contributed by atoms with Crippen LogP contribution in [0.1, 0.15) is 22.7 Å². The summed E-state index contributed by atoms with van der Waals surface area (Å²) in [5, 5.41) is 13.0. The fourth-order valence-corrected chi connectivity index (χ4v) is 4.89. The van der Waals surface area contributed by atoms with E-state index in [4.69, 9.17) is 16.4 Å². The van der Waals surface area contributed by atoms with Crippen LogP contribution in [0.2, 0.25) is 5.02 Å². The van der Waals surface area contributed by atoms with Gasteiger partial charge >= 0.3 is 0 Å². The van der Waals surface area contributed by atoms with Crippen LogP contribution in [0.4, 0.5) is 17.1 Å². The molecule has 0 aliphatic carbocycles. The van der Waals surface area contributed by atoms with Gasteiger partial charge in [-0.15, -0.1) is 0 Å². The molecular formula is C25H20ClN3O5. The molecule has 8 nitrogen and oxygen atoms in total. The zero-order valence-corrected chi connectivity index (χ0v) is 19.1. The van der Waals surface area contributed by atoms with Crippen molar-refractivity contribution in [2.24, 2.45) is 5.92 Å². The van der Waals surface area contributed by atoms with Gasteiger partial charge in [0.05, 0.1) is 22.3 Å². The molecular weight excluding hydrogens is 458 g/mol. The number of fused-ring (bicyclic) bond motifs is 1. The number of hydrogen-bond acceptors (Lipinski definition) is 6. The zero-order chi connectivity index (χ0) is 24.1. The van der Waals surface area contributed by atoms with Crippen molar-refractivity contribution in [3.63, 3.8) is 0 Å². The topological polar surface area (TPSA) is 93.0 Å². The molecule has 0 spiro atoms. The van der Waals surface area contributed by atoms with Crippen molar-refractivity contribution >= 4 is 40.5 Å². The third kappa shape index (κ3) is 3.43. The van der Waals surface area contributed by atoms with E-state index in [0.717, 1.165) is 11.1 Å². The lowest BCUT2D eigenvalue weighted by Gasteiger charge is -2.29. The summed E-state index contributed by atoms with van der Waals surface area (Å²) < 4.78 is 0. The van der Waals surface area contributed by atoms with Crippen LogP contribution < -0.4 is 9.96 Å². The van der Waals surface area contributed by atoms with E-state index in [0.29, 0.717) is 16.9 Å². The summed E-state index contributed by atoms with van der Waals surface area (Å²) in [6, 6.07) is 18.1. The van der Waals surface area contributed by atoms with Gasteiger partial charge in [0.2, 0.25) is 5.91 Å². The molecule has 34 heavy (non-hydrogen) atoms. The zero-order valence-electron chi connectivity index (χ0n) is 18.3. The molecule has 2 saturated heterocycles. The summed E-state index contributed by atoms with van der Waals surface area (Å²) in [4.78, 5) is 45.4. The number of hydroxylamine groups is 1. The maximum atomic E-state index is 13.7. The number of carbonyl (C=O) groups is 2. The second-order valence-electron chi connectivity index (χ2n) is 8.43. The Bertz CT molecular complexity index is 1330. The summed E-state index contributed by atoms with van der Waals surface area (Å²) in [6.07, 6.45) is -1.06. The minimum atomic E-state index is -1.06. The van der Waals surface area contributed by atoms with Gasteiger partial charge in [0.15, 0.2) is 6.10 Å². The molecule has 3 atom stereocenters. The van der Waals surface area contributed by atoms with Crippen LogP contribution >= 0.6 is 11.6 Å². The van der Waals surface area contributed by atoms with Gasteiger partial charge in [-0.25, -0.2) is 9.96 Å². The first-order chi connectivity index (χ1) is 16.3. The quantitative estimate of drug-likeness (QED) is 0.301. The third-order valence-corrected chi connectivity index (χ3v) is 6.55. The lowest BCUT2D eigenvalue weighted by Crippen LogP contribution is -2.37. The van der Waals surface area contributed by atoms with Crippen LogP contribution in [0, 0.1) is 29.9 Å². The fourth-order valence-electron chi connectivity index (χ4n) is 4.70. The molecule has 3 aromatic rings. The number of halogens is 1. The van der Waals surface area contributed by atoms with E-state index in [1.807, 2.05) is 32.0 Å². The van der Waals surface area contributed by atoms with Crippen LogP contribution in [0.3, 0.4) is 0 Å². The Labute approximate surface area is 200 Å². The molecule has 2 aliphatic heterocycles. The highest BCUT2D eigenvalue weighted by atomic mass is 35.5. The largest absolute Gasteiger partial charge is 0.288 e. The molecule has 2 aliphatic rings. The Morgan fingerprint density at radius 2 is 1.71 bits per heavy atom. The van der Waals surface area contributed by atoms with Crippen LogP contribution in [-0.4, -0.2) is 22.8 Å². The molecule has 0 N–H and O–H groups in total. The Hall–Kier alpha value is -3.75. The number of rotatable bonds is 4. The van der Waals surface area contributed by atoms with Crippen molar-refractivity contribution in [1.29, 1.82) is 0 Å². The number of nitrogens with zero attached hydrogens (tertiary/aromatic N) is 3. The third-order valence-electron chi connectivity index (χ3n) is 6.23. The lowest BCUT2D eigenvalue weighted by molar-refractivity contribution is -0.384. The van der Waals surface area contributed by atoms with Crippen molar-refractivity contribution in [3.8, 4) is 0 Å². The normalized spacial score (nSPS) is 21.8. The Morgan fingerprint density at radius 1 is 0.971 bits per heavy atom. The summed E-state index contributed by atoms with van der Waals surface area (Å²) >= 11 is 6.03. The molecule has 0 bridgehead atoms. The smallest absolute Gasteiger partial charge is 0.273 e. The summed E-state index contributed by atoms with van der Waals surface area (Å²) in [5.74, 6) is -1.77. The summed E-state index contributed by atoms with van der Waals surface area (Å²) in [6.45, 7) is 3.78. The number of imide groups is 1. The Balaban J connectivity index is 1.63. The summed E-state index contributed by atoms with van der Waals surface area (Å²) in [7, 11) is 0. The van der Waals surface area contributed by atoms with Crippen molar-refractivity contribution in [2.75, 3.05) is 9.96 Å². The predicted molar refractivity (Wildman–Crippen MR) is 127 cm³/mol. The minimum absolute atomic E-state index is 0.0128. The maximum absolute atomic E-state index is 13.7. The van der Waals surface area contributed by atoms with Gasteiger partial charge < -0.3 is 0 Å². The van der Waals surface area contributed by atoms with Gasteiger partial charge in [-0.3, -0.25) is 24.5 Å². The van der Waals surface area contributed by atoms with Gasteiger partial charge in [0, 0.05) is 6.07 Å². The highest BCUT2D eigenvalue weighted by Crippen LogP contribution is 2.48. The minimum Gasteiger partial charge on any atom is -0.273 e. The second kappa shape index (κ2) is 8.23. The van der Waals surface area contributed by atoms with E-state index in [2.05, 4.69) is 0 Å². The molecule has 2 heterocycles. The Morgan fingerprint density at radius 3 is 2.38 bits per heavy atom. The molecule has 0 unspecified atom stereocenters. The number of aryl methyl sites for hydroxylation is 2. The van der Waals surface area contributed by atoms with Crippen molar-refractivity contribution in [1.82, 2.24) is 0 Å². The number of hydrogen-bond donors (Lipinski definition) is 0. The molecule has 2 amide bonds. The van der Waals surface area contributed by atoms with Crippen LogP contribution in [0.5, 0.6) is 0 Å². The number of nitro groups is 1. The average molecular weight is 478 g/mol. The van der Waals surface area contributed by atoms with Gasteiger partial charge in [-0.05, 0) is 49.2 Å². The van der Waals surface area contributed by atoms with E-state index in [1.165, 1.54) is 22.1 Å². The number of nitro benzene ring substituents is 1. The molecule has 9 heteroatoms. The van der Waals surface area contributed by atoms with E-state index >= 15 is 0 Å². The van der Waals surface area contributed by atoms with Crippen molar-refractivity contribution in [2.45, 2.75) is 26.0 Å². The molecule has 0 saturated carbocycles. The SMILES string of the molecule is Cc1ccc(N2C(=O)[C@@H]3[C@H](ON(c4ccccc4)[C@H]3c3ccc(Cl)c([N+](=O)[O-])c3)C2=O)c(C)c1. The molecule has 2 fully saturated rings. The molecule has 0 aromatic heterocycles. The van der Waals surface area contributed by atoms with E-state index in [-0.39, 0.29) is 10.7 Å². The molecule has 5 rings (SSSR count). The Kier molecular flexibility index (Phi) is 5.34. The average Bonchev–Trinajstić information content (AvgIpc) is 3.31. The van der Waals surface area contributed by atoms with Gasteiger partial charge in [0.25, 0.3) is 11.6 Å². The summed E-state index contributed by atoms with van der Waals surface area (Å²) in [5.41, 5.74) is 3.11. The molecule has 3 aromatic carbocycles. The van der Waals surface area contributed by atoms with Gasteiger partial charge in [-0.2, -0.15) is 0 Å². The first kappa shape index (κ1) is 22.1. The van der Waals surface area contributed by atoms with Crippen LogP contribution in [-0.2, 0) is 14.4 Å². The maximum Gasteiger partial charge on any atom is 0.288 e. The van der Waals surface area contributed by atoms with Crippen molar-refractivity contribution in [3.05, 3.63) is 98.6 Å². The van der Waals surface area contributed by atoms with E-state index in [1.54, 1.807) is 36.4 Å². The number of amides is 2. The van der Waals surface area contributed by atoms with E-state index < -0.39 is 34.8 Å². The number of anilines is 2. The monoisotopic (exact) mass is 477 g/mol. The van der Waals surface area contributed by atoms with Gasteiger partial charge in [-0.1, -0.05) is 53.6 Å². The lowest BCUT2D eigenvalue weighted by atomic mass is 9.90. The second-order valence-corrected chi connectivity index (χ2v) is 8.83. The van der Waals surface area contributed by atoms with E-state index in [9.17, 15) is 19.7 Å².